The summed E-state index contributed by atoms with van der Waals surface area (Å²) in [5, 5.41) is 8.81. The Morgan fingerprint density at radius 1 is 1.17 bits per heavy atom. The number of nitrogens with zero attached hydrogens (tertiary/aromatic N) is 5. The van der Waals surface area contributed by atoms with Gasteiger partial charge in [0.25, 0.3) is 5.91 Å². The van der Waals surface area contributed by atoms with Gasteiger partial charge < -0.3 is 5.32 Å². The summed E-state index contributed by atoms with van der Waals surface area (Å²) in [5.41, 5.74) is -2.60. The number of aromatic nitrogens is 5. The first kappa shape index (κ1) is 20.4. The minimum atomic E-state index is -4.99. The molecule has 0 saturated heterocycles. The summed E-state index contributed by atoms with van der Waals surface area (Å²) in [4.78, 5) is 15.9. The van der Waals surface area contributed by atoms with Crippen molar-refractivity contribution in [2.24, 2.45) is 0 Å². The first-order valence-electron chi connectivity index (χ1n) is 8.05. The second-order valence-corrected chi connectivity index (χ2v) is 5.71. The number of rotatable bonds is 6. The third-order valence-electron chi connectivity index (χ3n) is 3.82. The van der Waals surface area contributed by atoms with Crippen molar-refractivity contribution in [2.75, 3.05) is 6.54 Å². The summed E-state index contributed by atoms with van der Waals surface area (Å²) < 4.78 is 80.0. The lowest BCUT2D eigenvalue weighted by Gasteiger charge is -2.11. The van der Waals surface area contributed by atoms with Crippen LogP contribution in [0.15, 0.2) is 36.7 Å². The highest BCUT2D eigenvalue weighted by molar-refractivity contribution is 5.93. The fourth-order valence-corrected chi connectivity index (χ4v) is 2.54. The van der Waals surface area contributed by atoms with E-state index in [9.17, 15) is 31.1 Å². The Morgan fingerprint density at radius 3 is 2.48 bits per heavy atom. The largest absolute Gasteiger partial charge is 0.435 e. The topological polar surface area (TPSA) is 77.6 Å². The molecule has 29 heavy (non-hydrogen) atoms. The standard InChI is InChI=1S/C16H12F6N6O/c17-9-1-3-10(4-2-9)28-13(16(20,21)22)12(25-26-28)14(29)24-6-5-11-23-7-8-27(11)15(18)19/h1-4,7-8,15H,5-6H2,(H,24,29). The number of carbonyl (C=O) groups excluding carboxylic acids is 1. The van der Waals surface area contributed by atoms with Gasteiger partial charge in [0.05, 0.1) is 5.69 Å². The molecular formula is C16H12F6N6O. The first-order chi connectivity index (χ1) is 13.7. The number of benzene rings is 1. The number of amides is 1. The van der Waals surface area contributed by atoms with Crippen molar-refractivity contribution in [3.63, 3.8) is 0 Å². The molecule has 0 saturated carbocycles. The van der Waals surface area contributed by atoms with E-state index < -0.39 is 35.8 Å². The summed E-state index contributed by atoms with van der Waals surface area (Å²) >= 11 is 0. The van der Waals surface area contributed by atoms with Crippen LogP contribution >= 0.6 is 0 Å². The average Bonchev–Trinajstić information content (AvgIpc) is 3.29. The molecule has 0 fully saturated rings. The second-order valence-electron chi connectivity index (χ2n) is 5.71. The fourth-order valence-electron chi connectivity index (χ4n) is 2.54. The van der Waals surface area contributed by atoms with Crippen molar-refractivity contribution >= 4 is 5.91 Å². The third-order valence-corrected chi connectivity index (χ3v) is 3.82. The SMILES string of the molecule is O=C(NCCc1nccn1C(F)F)c1nnn(-c2ccc(F)cc2)c1C(F)(F)F. The fraction of sp³-hybridized carbons (Fsp3) is 0.250. The lowest BCUT2D eigenvalue weighted by atomic mass is 10.2. The molecule has 0 atom stereocenters. The third kappa shape index (κ3) is 4.38. The van der Waals surface area contributed by atoms with Gasteiger partial charge in [0, 0.05) is 25.4 Å². The Kier molecular flexibility index (Phi) is 5.57. The number of alkyl halides is 5. The van der Waals surface area contributed by atoms with E-state index in [2.05, 4.69) is 20.6 Å². The van der Waals surface area contributed by atoms with E-state index in [1.807, 2.05) is 0 Å². The molecule has 7 nitrogen and oxygen atoms in total. The van der Waals surface area contributed by atoms with Gasteiger partial charge in [0.1, 0.15) is 11.6 Å². The number of hydrogen-bond acceptors (Lipinski definition) is 4. The highest BCUT2D eigenvalue weighted by Gasteiger charge is 2.42. The molecule has 13 heteroatoms. The van der Waals surface area contributed by atoms with Gasteiger partial charge >= 0.3 is 12.7 Å². The van der Waals surface area contributed by atoms with Gasteiger partial charge in [-0.15, -0.1) is 5.10 Å². The summed E-state index contributed by atoms with van der Waals surface area (Å²) in [6, 6.07) is 3.96. The van der Waals surface area contributed by atoms with Crippen molar-refractivity contribution in [1.29, 1.82) is 0 Å². The maximum Gasteiger partial charge on any atom is 0.435 e. The number of imidazole rings is 1. The minimum absolute atomic E-state index is 0.0497. The van der Waals surface area contributed by atoms with Gasteiger partial charge in [0.2, 0.25) is 0 Å². The van der Waals surface area contributed by atoms with Crippen LogP contribution in [0.4, 0.5) is 26.3 Å². The Morgan fingerprint density at radius 2 is 1.86 bits per heavy atom. The van der Waals surface area contributed by atoms with E-state index in [4.69, 9.17) is 0 Å². The van der Waals surface area contributed by atoms with E-state index in [-0.39, 0.29) is 24.5 Å². The lowest BCUT2D eigenvalue weighted by Crippen LogP contribution is -2.29. The molecule has 0 aliphatic heterocycles. The Labute approximate surface area is 159 Å². The van der Waals surface area contributed by atoms with Crippen molar-refractivity contribution in [3.8, 4) is 5.69 Å². The zero-order valence-corrected chi connectivity index (χ0v) is 14.4. The summed E-state index contributed by atoms with van der Waals surface area (Å²) in [7, 11) is 0. The van der Waals surface area contributed by atoms with Gasteiger partial charge in [-0.05, 0) is 24.3 Å². The van der Waals surface area contributed by atoms with E-state index in [0.29, 0.717) is 9.25 Å². The molecule has 0 radical (unpaired) electrons. The minimum Gasteiger partial charge on any atom is -0.350 e. The Hall–Kier alpha value is -3.38. The van der Waals surface area contributed by atoms with E-state index in [1.54, 1.807) is 0 Å². The Balaban J connectivity index is 1.80. The molecule has 3 rings (SSSR count). The summed E-state index contributed by atoms with van der Waals surface area (Å²) in [6.45, 7) is -3.10. The van der Waals surface area contributed by atoms with Crippen molar-refractivity contribution in [1.82, 2.24) is 29.9 Å². The first-order valence-corrected chi connectivity index (χ1v) is 8.05. The normalized spacial score (nSPS) is 11.8. The van der Waals surface area contributed by atoms with Gasteiger partial charge in [-0.2, -0.15) is 22.0 Å². The second kappa shape index (κ2) is 7.93. The van der Waals surface area contributed by atoms with Crippen LogP contribution < -0.4 is 5.32 Å². The molecule has 154 valence electrons. The lowest BCUT2D eigenvalue weighted by molar-refractivity contribution is -0.143. The van der Waals surface area contributed by atoms with Crippen LogP contribution in [0.5, 0.6) is 0 Å². The number of nitrogens with one attached hydrogen (secondary N) is 1. The highest BCUT2D eigenvalue weighted by Crippen LogP contribution is 2.32. The molecule has 3 aromatic rings. The monoisotopic (exact) mass is 418 g/mol. The quantitative estimate of drug-likeness (QED) is 0.625. The van der Waals surface area contributed by atoms with Crippen LogP contribution in [0.25, 0.3) is 5.69 Å². The number of hydrogen-bond donors (Lipinski definition) is 1. The number of halogens is 6. The van der Waals surface area contributed by atoms with Crippen LogP contribution in [-0.2, 0) is 12.6 Å². The predicted octanol–water partition coefficient (Wildman–Crippen LogP) is 2.99. The van der Waals surface area contributed by atoms with Crippen molar-refractivity contribution in [2.45, 2.75) is 19.1 Å². The van der Waals surface area contributed by atoms with Crippen LogP contribution in [0, 0.1) is 5.82 Å². The molecule has 2 heterocycles. The maximum absolute atomic E-state index is 13.5. The molecule has 2 aromatic heterocycles. The summed E-state index contributed by atoms with van der Waals surface area (Å²) in [6.07, 6.45) is -2.95. The van der Waals surface area contributed by atoms with E-state index in [1.165, 1.54) is 0 Å². The zero-order valence-electron chi connectivity index (χ0n) is 14.4. The molecule has 0 bridgehead atoms. The average molecular weight is 418 g/mol. The van der Waals surface area contributed by atoms with Crippen molar-refractivity contribution < 1.29 is 31.1 Å². The molecular weight excluding hydrogens is 406 g/mol. The molecule has 1 N–H and O–H groups in total. The molecule has 0 aliphatic carbocycles. The highest BCUT2D eigenvalue weighted by atomic mass is 19.4. The maximum atomic E-state index is 13.5. The molecule has 1 aromatic carbocycles. The van der Waals surface area contributed by atoms with E-state index >= 15 is 0 Å². The van der Waals surface area contributed by atoms with Gasteiger partial charge in [-0.25, -0.2) is 14.1 Å². The van der Waals surface area contributed by atoms with E-state index in [0.717, 1.165) is 36.7 Å². The summed E-state index contributed by atoms with van der Waals surface area (Å²) in [5.74, 6) is -1.91. The van der Waals surface area contributed by atoms with Crippen molar-refractivity contribution in [3.05, 3.63) is 59.7 Å². The van der Waals surface area contributed by atoms with Gasteiger partial charge in [0.15, 0.2) is 11.4 Å². The van der Waals surface area contributed by atoms with Gasteiger partial charge in [-0.3, -0.25) is 9.36 Å². The van der Waals surface area contributed by atoms with Crippen LogP contribution in [0.3, 0.4) is 0 Å². The molecule has 0 aliphatic rings. The zero-order chi connectivity index (χ0) is 21.2. The smallest absolute Gasteiger partial charge is 0.350 e. The molecule has 0 spiro atoms. The van der Waals surface area contributed by atoms with Crippen LogP contribution in [0.1, 0.15) is 28.6 Å². The molecule has 1 amide bonds. The molecule has 0 unspecified atom stereocenters. The van der Waals surface area contributed by atoms with Crippen LogP contribution in [0.2, 0.25) is 0 Å². The Bertz CT molecular complexity index is 994. The van der Waals surface area contributed by atoms with Crippen LogP contribution in [-0.4, -0.2) is 37.0 Å². The predicted molar refractivity (Wildman–Crippen MR) is 85.8 cm³/mol. The van der Waals surface area contributed by atoms with Gasteiger partial charge in [-0.1, -0.05) is 5.21 Å². The number of carbonyl (C=O) groups is 1.